The molecule has 0 unspecified atom stereocenters. The van der Waals surface area contributed by atoms with E-state index in [1.54, 1.807) is 0 Å². The molecule has 0 fully saturated rings. The summed E-state index contributed by atoms with van der Waals surface area (Å²) >= 11 is 0. The van der Waals surface area contributed by atoms with E-state index in [4.69, 9.17) is 15.3 Å². The molecule has 0 aliphatic heterocycles. The minimum absolute atomic E-state index is 0.935. The van der Waals surface area contributed by atoms with Gasteiger partial charge >= 0.3 is 11.9 Å². The van der Waals surface area contributed by atoms with Crippen LogP contribution in [-0.4, -0.2) is 45.4 Å². The highest BCUT2D eigenvalue weighted by atomic mass is 16.4. The maximum Gasteiger partial charge on any atom is 0.324 e. The number of carboxylic acids is 2. The molecule has 0 aliphatic carbocycles. The number of nitrogens with one attached hydrogen (secondary N) is 2. The first-order valence-electron chi connectivity index (χ1n) is 4.01. The Morgan fingerprint density at radius 1 is 1.07 bits per heavy atom. The molecule has 0 aromatic rings. The molecular weight excluding hydrogens is 192 g/mol. The molecular formula is C7H14N2O5. The largest absolute Gasteiger partial charge is 0.480 e. The number of hydrogen-bond donors (Lipinski definition) is 5. The zero-order chi connectivity index (χ0) is 11.3. The normalized spacial score (nSPS) is 17.1. The van der Waals surface area contributed by atoms with Crippen LogP contribution in [0.15, 0.2) is 0 Å². The van der Waals surface area contributed by atoms with Crippen LogP contribution in [0.25, 0.3) is 0 Å². The van der Waals surface area contributed by atoms with E-state index in [9.17, 15) is 9.59 Å². The monoisotopic (exact) mass is 206 g/mol. The standard InChI is InChI=1S/C7H14N2O5/c1-3(6(11)12)8-9-5(4(2)10)7(13)14/h3-5,8-10H,1-2H3,(H,11,12)(H,13,14)/t3-,4+,5-/m0/s1. The molecule has 0 aromatic heterocycles. The van der Waals surface area contributed by atoms with E-state index in [0.717, 1.165) is 0 Å². The fraction of sp³-hybridized carbons (Fsp3) is 0.714. The first-order valence-corrected chi connectivity index (χ1v) is 4.01. The highest BCUT2D eigenvalue weighted by molar-refractivity contribution is 5.75. The number of aliphatic carboxylic acids is 2. The van der Waals surface area contributed by atoms with Gasteiger partial charge in [-0.2, -0.15) is 0 Å². The summed E-state index contributed by atoms with van der Waals surface area (Å²) in [6.45, 7) is 2.63. The van der Waals surface area contributed by atoms with Gasteiger partial charge in [-0.15, -0.1) is 0 Å². The molecule has 0 aliphatic rings. The Morgan fingerprint density at radius 3 is 1.86 bits per heavy atom. The summed E-state index contributed by atoms with van der Waals surface area (Å²) in [6, 6.07) is -2.17. The predicted octanol–water partition coefficient (Wildman–Crippen LogP) is -1.61. The Morgan fingerprint density at radius 2 is 1.57 bits per heavy atom. The number of hydrogen-bond acceptors (Lipinski definition) is 5. The second-order valence-electron chi connectivity index (χ2n) is 2.91. The molecule has 0 radical (unpaired) electrons. The van der Waals surface area contributed by atoms with Crippen LogP contribution >= 0.6 is 0 Å². The van der Waals surface area contributed by atoms with Crippen molar-refractivity contribution in [3.8, 4) is 0 Å². The number of carboxylic acid groups (broad SMARTS) is 2. The minimum atomic E-state index is -1.26. The van der Waals surface area contributed by atoms with Gasteiger partial charge in [0.15, 0.2) is 0 Å². The fourth-order valence-electron chi connectivity index (χ4n) is 0.665. The molecule has 14 heavy (non-hydrogen) atoms. The molecule has 3 atom stereocenters. The first-order chi connectivity index (χ1) is 6.36. The van der Waals surface area contributed by atoms with Crippen molar-refractivity contribution in [2.75, 3.05) is 0 Å². The summed E-state index contributed by atoms with van der Waals surface area (Å²) in [7, 11) is 0. The van der Waals surface area contributed by atoms with Crippen molar-refractivity contribution < 1.29 is 24.9 Å². The summed E-state index contributed by atoms with van der Waals surface area (Å²) in [5.41, 5.74) is 4.47. The van der Waals surface area contributed by atoms with E-state index in [0.29, 0.717) is 0 Å². The highest BCUT2D eigenvalue weighted by Gasteiger charge is 2.23. The van der Waals surface area contributed by atoms with Gasteiger partial charge in [0.05, 0.1) is 6.10 Å². The van der Waals surface area contributed by atoms with Crippen LogP contribution in [0.3, 0.4) is 0 Å². The lowest BCUT2D eigenvalue weighted by Crippen LogP contribution is -2.55. The molecule has 0 saturated carbocycles. The molecule has 5 N–H and O–H groups in total. The third-order valence-corrected chi connectivity index (χ3v) is 1.57. The van der Waals surface area contributed by atoms with Crippen molar-refractivity contribution in [3.63, 3.8) is 0 Å². The maximum atomic E-state index is 10.5. The van der Waals surface area contributed by atoms with E-state index >= 15 is 0 Å². The SMILES string of the molecule is C[C@H](NN[C@H](C(=O)O)[C@@H](C)O)C(=O)O. The third kappa shape index (κ3) is 4.17. The van der Waals surface area contributed by atoms with Gasteiger partial charge in [0, 0.05) is 0 Å². The van der Waals surface area contributed by atoms with E-state index in [1.165, 1.54) is 13.8 Å². The Labute approximate surface area is 80.7 Å². The van der Waals surface area contributed by atoms with Gasteiger partial charge < -0.3 is 15.3 Å². The summed E-state index contributed by atoms with van der Waals surface area (Å²) < 4.78 is 0. The van der Waals surface area contributed by atoms with Crippen molar-refractivity contribution in [2.45, 2.75) is 32.0 Å². The van der Waals surface area contributed by atoms with E-state index in [2.05, 4.69) is 10.9 Å². The van der Waals surface area contributed by atoms with Crippen LogP contribution in [0.1, 0.15) is 13.8 Å². The van der Waals surface area contributed by atoms with E-state index in [1.807, 2.05) is 0 Å². The van der Waals surface area contributed by atoms with Crippen molar-refractivity contribution >= 4 is 11.9 Å². The topological polar surface area (TPSA) is 119 Å². The molecule has 7 nitrogen and oxygen atoms in total. The van der Waals surface area contributed by atoms with Gasteiger partial charge in [-0.25, -0.2) is 10.9 Å². The second kappa shape index (κ2) is 5.53. The van der Waals surface area contributed by atoms with Gasteiger partial charge in [-0.05, 0) is 13.8 Å². The molecule has 0 heterocycles. The van der Waals surface area contributed by atoms with Crippen LogP contribution in [-0.2, 0) is 9.59 Å². The van der Waals surface area contributed by atoms with Crippen molar-refractivity contribution in [3.05, 3.63) is 0 Å². The number of aliphatic hydroxyl groups is 1. The second-order valence-corrected chi connectivity index (χ2v) is 2.91. The zero-order valence-corrected chi connectivity index (χ0v) is 7.89. The lowest BCUT2D eigenvalue weighted by Gasteiger charge is -2.19. The quantitative estimate of drug-likeness (QED) is 0.331. The molecule has 0 rings (SSSR count). The maximum absolute atomic E-state index is 10.5. The van der Waals surface area contributed by atoms with Gasteiger partial charge in [0.2, 0.25) is 0 Å². The van der Waals surface area contributed by atoms with Crippen molar-refractivity contribution in [1.82, 2.24) is 10.9 Å². The van der Waals surface area contributed by atoms with Crippen LogP contribution in [0, 0.1) is 0 Å². The Balaban J connectivity index is 4.07. The smallest absolute Gasteiger partial charge is 0.324 e. The minimum Gasteiger partial charge on any atom is -0.480 e. The first kappa shape index (κ1) is 12.8. The lowest BCUT2D eigenvalue weighted by molar-refractivity contribution is -0.144. The van der Waals surface area contributed by atoms with Gasteiger partial charge in [0.25, 0.3) is 0 Å². The number of rotatable bonds is 6. The van der Waals surface area contributed by atoms with Crippen LogP contribution in [0.5, 0.6) is 0 Å². The average molecular weight is 206 g/mol. The third-order valence-electron chi connectivity index (χ3n) is 1.57. The van der Waals surface area contributed by atoms with E-state index in [-0.39, 0.29) is 0 Å². The Hall–Kier alpha value is -1.18. The van der Waals surface area contributed by atoms with Crippen LogP contribution < -0.4 is 10.9 Å². The summed E-state index contributed by atoms with van der Waals surface area (Å²) in [6.07, 6.45) is -1.12. The average Bonchev–Trinajstić information content (AvgIpc) is 2.02. The highest BCUT2D eigenvalue weighted by Crippen LogP contribution is 1.91. The summed E-state index contributed by atoms with van der Waals surface area (Å²) in [5.74, 6) is -2.38. The van der Waals surface area contributed by atoms with Gasteiger partial charge in [0.1, 0.15) is 12.1 Å². The molecule has 0 bridgehead atoms. The molecule has 82 valence electrons. The fourth-order valence-corrected chi connectivity index (χ4v) is 0.665. The molecule has 0 saturated heterocycles. The molecule has 0 aromatic carbocycles. The van der Waals surface area contributed by atoms with Crippen molar-refractivity contribution in [1.29, 1.82) is 0 Å². The van der Waals surface area contributed by atoms with Gasteiger partial charge in [-0.3, -0.25) is 9.59 Å². The van der Waals surface area contributed by atoms with E-state index < -0.39 is 30.1 Å². The predicted molar refractivity (Wildman–Crippen MR) is 46.5 cm³/mol. The number of carbonyl (C=O) groups is 2. The summed E-state index contributed by atoms with van der Waals surface area (Å²) in [5, 5.41) is 26.0. The lowest BCUT2D eigenvalue weighted by atomic mass is 10.2. The Bertz CT molecular complexity index is 218. The Kier molecular flexibility index (Phi) is 5.06. The molecule has 0 amide bonds. The van der Waals surface area contributed by atoms with Crippen LogP contribution in [0.2, 0.25) is 0 Å². The van der Waals surface area contributed by atoms with Crippen molar-refractivity contribution in [2.24, 2.45) is 0 Å². The zero-order valence-electron chi connectivity index (χ0n) is 7.89. The van der Waals surface area contributed by atoms with Crippen LogP contribution in [0.4, 0.5) is 0 Å². The summed E-state index contributed by atoms with van der Waals surface area (Å²) in [4.78, 5) is 20.9. The number of hydrazine groups is 1. The number of aliphatic hydroxyl groups excluding tert-OH is 1. The molecule has 7 heteroatoms. The van der Waals surface area contributed by atoms with Gasteiger partial charge in [-0.1, -0.05) is 0 Å². The molecule has 0 spiro atoms.